The summed E-state index contributed by atoms with van der Waals surface area (Å²) >= 11 is 0. The van der Waals surface area contributed by atoms with Crippen molar-refractivity contribution >= 4 is 14.5 Å². The van der Waals surface area contributed by atoms with Crippen molar-refractivity contribution < 1.29 is 4.74 Å². The van der Waals surface area contributed by atoms with Crippen molar-refractivity contribution in [3.05, 3.63) is 0 Å². The van der Waals surface area contributed by atoms with Gasteiger partial charge in [0.2, 0.25) is 0 Å². The fourth-order valence-corrected chi connectivity index (χ4v) is 1.57. The minimum atomic E-state index is -1.31. The molecule has 78 valence electrons. The Balaban J connectivity index is 4.02. The lowest BCUT2D eigenvalue weighted by Gasteiger charge is -2.23. The van der Waals surface area contributed by atoms with E-state index >= 15 is 0 Å². The topological polar surface area (TPSA) is 21.6 Å². The SMILES string of the molecule is C[C@@H](/C=N/[Si](C)(C)C)OC(C)(C)C. The van der Waals surface area contributed by atoms with Gasteiger partial charge in [-0.15, -0.1) is 0 Å². The fourth-order valence-electron chi connectivity index (χ4n) is 0.917. The molecular formula is C10H23NOSi. The largest absolute Gasteiger partial charge is 0.367 e. The minimum absolute atomic E-state index is 0.0785. The molecule has 0 N–H and O–H groups in total. The summed E-state index contributed by atoms with van der Waals surface area (Å²) in [5.41, 5.74) is -0.0785. The highest BCUT2D eigenvalue weighted by Crippen LogP contribution is 2.10. The Morgan fingerprint density at radius 1 is 1.23 bits per heavy atom. The van der Waals surface area contributed by atoms with E-state index in [-0.39, 0.29) is 11.7 Å². The van der Waals surface area contributed by atoms with Crippen LogP contribution in [0.3, 0.4) is 0 Å². The van der Waals surface area contributed by atoms with E-state index < -0.39 is 8.24 Å². The molecule has 0 radical (unpaired) electrons. The molecule has 0 aromatic carbocycles. The molecule has 0 bridgehead atoms. The highest BCUT2D eigenvalue weighted by molar-refractivity contribution is 6.75. The fraction of sp³-hybridized carbons (Fsp3) is 0.900. The van der Waals surface area contributed by atoms with Crippen molar-refractivity contribution in [3.8, 4) is 0 Å². The van der Waals surface area contributed by atoms with E-state index in [4.69, 9.17) is 4.74 Å². The number of ether oxygens (including phenoxy) is 1. The van der Waals surface area contributed by atoms with Gasteiger partial charge in [0.1, 0.15) is 0 Å². The van der Waals surface area contributed by atoms with Crippen molar-refractivity contribution in [1.82, 2.24) is 0 Å². The first-order valence-electron chi connectivity index (χ1n) is 4.83. The van der Waals surface area contributed by atoms with Crippen molar-refractivity contribution in [2.24, 2.45) is 4.66 Å². The van der Waals surface area contributed by atoms with Crippen LogP contribution in [0, 0.1) is 0 Å². The normalized spacial score (nSPS) is 16.5. The highest BCUT2D eigenvalue weighted by atomic mass is 28.3. The van der Waals surface area contributed by atoms with E-state index in [2.05, 4.69) is 45.1 Å². The third-order valence-corrected chi connectivity index (χ3v) is 2.13. The van der Waals surface area contributed by atoms with Gasteiger partial charge in [0.05, 0.1) is 11.7 Å². The predicted molar refractivity (Wildman–Crippen MR) is 62.1 cm³/mol. The quantitative estimate of drug-likeness (QED) is 0.508. The van der Waals surface area contributed by atoms with Crippen LogP contribution in [0.2, 0.25) is 19.6 Å². The van der Waals surface area contributed by atoms with E-state index in [0.29, 0.717) is 0 Å². The van der Waals surface area contributed by atoms with Gasteiger partial charge >= 0.3 is 0 Å². The summed E-state index contributed by atoms with van der Waals surface area (Å²) in [6.07, 6.45) is 2.06. The molecule has 0 saturated carbocycles. The second-order valence-electron chi connectivity index (χ2n) is 5.38. The van der Waals surface area contributed by atoms with Crippen LogP contribution in [0.15, 0.2) is 4.66 Å². The predicted octanol–water partition coefficient (Wildman–Crippen LogP) is 3.10. The molecule has 0 aliphatic carbocycles. The van der Waals surface area contributed by atoms with Crippen LogP contribution in [-0.4, -0.2) is 26.2 Å². The molecule has 0 aromatic rings. The molecule has 0 unspecified atom stereocenters. The zero-order valence-corrected chi connectivity index (χ0v) is 11.0. The first kappa shape index (κ1) is 12.8. The molecule has 0 amide bonds. The number of nitrogens with zero attached hydrogens (tertiary/aromatic N) is 1. The highest BCUT2D eigenvalue weighted by Gasteiger charge is 2.15. The van der Waals surface area contributed by atoms with E-state index in [1.807, 2.05) is 13.1 Å². The van der Waals surface area contributed by atoms with E-state index in [0.717, 1.165) is 0 Å². The molecule has 0 aliphatic rings. The molecule has 0 rings (SSSR count). The Bertz CT molecular complexity index is 176. The van der Waals surface area contributed by atoms with Crippen molar-refractivity contribution in [3.63, 3.8) is 0 Å². The van der Waals surface area contributed by atoms with E-state index in [1.165, 1.54) is 0 Å². The molecule has 2 nitrogen and oxygen atoms in total. The molecule has 0 aromatic heterocycles. The third kappa shape index (κ3) is 9.76. The van der Waals surface area contributed by atoms with Gasteiger partial charge in [0, 0.05) is 6.21 Å². The molecule has 0 fully saturated rings. The van der Waals surface area contributed by atoms with Crippen molar-refractivity contribution in [1.29, 1.82) is 0 Å². The van der Waals surface area contributed by atoms with Gasteiger partial charge in [-0.25, -0.2) is 0 Å². The zero-order chi connectivity index (χ0) is 10.7. The van der Waals surface area contributed by atoms with Crippen molar-refractivity contribution in [2.75, 3.05) is 0 Å². The van der Waals surface area contributed by atoms with E-state index in [1.54, 1.807) is 0 Å². The number of hydrogen-bond donors (Lipinski definition) is 0. The molecular weight excluding hydrogens is 178 g/mol. The molecule has 0 aliphatic heterocycles. The van der Waals surface area contributed by atoms with Crippen LogP contribution in [0.5, 0.6) is 0 Å². The molecule has 3 heteroatoms. The van der Waals surface area contributed by atoms with Gasteiger partial charge in [-0.05, 0) is 47.3 Å². The first-order chi connectivity index (χ1) is 5.60. The van der Waals surface area contributed by atoms with Crippen LogP contribution in [0.25, 0.3) is 0 Å². The van der Waals surface area contributed by atoms with Gasteiger partial charge in [0.25, 0.3) is 0 Å². The van der Waals surface area contributed by atoms with Gasteiger partial charge in [0.15, 0.2) is 8.24 Å². The summed E-state index contributed by atoms with van der Waals surface area (Å²) in [5, 5.41) is 0. The van der Waals surface area contributed by atoms with Crippen LogP contribution < -0.4 is 0 Å². The second-order valence-corrected chi connectivity index (χ2v) is 9.98. The van der Waals surface area contributed by atoms with Crippen molar-refractivity contribution in [2.45, 2.75) is 59.0 Å². The summed E-state index contributed by atoms with van der Waals surface area (Å²) in [5.74, 6) is 0. The lowest BCUT2D eigenvalue weighted by molar-refractivity contribution is -0.0193. The van der Waals surface area contributed by atoms with E-state index in [9.17, 15) is 0 Å². The van der Waals surface area contributed by atoms with Gasteiger partial charge in [-0.1, -0.05) is 0 Å². The zero-order valence-electron chi connectivity index (χ0n) is 10.0. The Morgan fingerprint density at radius 2 is 1.69 bits per heavy atom. The molecule has 0 saturated heterocycles. The van der Waals surface area contributed by atoms with Crippen LogP contribution in [-0.2, 0) is 4.74 Å². The maximum absolute atomic E-state index is 5.71. The standard InChI is InChI=1S/C10H23NOSi/c1-9(12-10(2,3)4)8-11-13(5,6)7/h8-9H,1-7H3/b11-8+/t9-/m0/s1. The molecule has 0 heterocycles. The van der Waals surface area contributed by atoms with Crippen LogP contribution in [0.4, 0.5) is 0 Å². The van der Waals surface area contributed by atoms with Crippen LogP contribution in [0.1, 0.15) is 27.7 Å². The average Bonchev–Trinajstić information content (AvgIpc) is 1.78. The van der Waals surface area contributed by atoms with Gasteiger partial charge < -0.3 is 9.39 Å². The Hall–Kier alpha value is -0.153. The lowest BCUT2D eigenvalue weighted by atomic mass is 10.2. The smallest absolute Gasteiger partial charge is 0.171 e. The minimum Gasteiger partial charge on any atom is -0.367 e. The number of hydrogen-bond acceptors (Lipinski definition) is 2. The summed E-state index contributed by atoms with van der Waals surface area (Å²) in [4.78, 5) is 0. The average molecular weight is 201 g/mol. The monoisotopic (exact) mass is 201 g/mol. The Labute approximate surface area is 83.5 Å². The summed E-state index contributed by atoms with van der Waals surface area (Å²) in [6.45, 7) is 14.9. The van der Waals surface area contributed by atoms with Gasteiger partial charge in [-0.3, -0.25) is 0 Å². The number of rotatable bonds is 3. The maximum atomic E-state index is 5.71. The third-order valence-electron chi connectivity index (χ3n) is 1.21. The van der Waals surface area contributed by atoms with Gasteiger partial charge in [-0.2, -0.15) is 0 Å². The maximum Gasteiger partial charge on any atom is 0.171 e. The first-order valence-corrected chi connectivity index (χ1v) is 8.28. The van der Waals surface area contributed by atoms with Crippen LogP contribution >= 0.6 is 0 Å². The molecule has 1 atom stereocenters. The summed E-state index contributed by atoms with van der Waals surface area (Å²) in [6, 6.07) is 0. The molecule has 0 spiro atoms. The summed E-state index contributed by atoms with van der Waals surface area (Å²) in [7, 11) is -1.31. The Kier molecular flexibility index (Phi) is 4.32. The molecule has 13 heavy (non-hydrogen) atoms. The second kappa shape index (κ2) is 4.38. The lowest BCUT2D eigenvalue weighted by Crippen LogP contribution is -2.28. The summed E-state index contributed by atoms with van der Waals surface area (Å²) < 4.78 is 10.2. The Morgan fingerprint density at radius 3 is 2.00 bits per heavy atom.